The van der Waals surface area contributed by atoms with Crippen LogP contribution in [-0.2, 0) is 0 Å². The summed E-state index contributed by atoms with van der Waals surface area (Å²) >= 11 is 0. The maximum Gasteiger partial charge on any atom is 0.321 e. The number of carbonyl (C=O) groups is 1. The zero-order valence-corrected chi connectivity index (χ0v) is 18.5. The number of hydrogen-bond acceptors (Lipinski definition) is 7. The van der Waals surface area contributed by atoms with Crippen molar-refractivity contribution in [3.05, 3.63) is 36.2 Å². The first-order valence-electron chi connectivity index (χ1n) is 10.8. The average Bonchev–Trinajstić information content (AvgIpc) is 2.80. The van der Waals surface area contributed by atoms with Crippen molar-refractivity contribution in [2.24, 2.45) is 0 Å². The summed E-state index contributed by atoms with van der Waals surface area (Å²) in [5, 5.41) is 2.96. The Balaban J connectivity index is 1.35. The summed E-state index contributed by atoms with van der Waals surface area (Å²) in [6, 6.07) is 9.37. The smallest absolute Gasteiger partial charge is 0.321 e. The molecule has 0 aliphatic carbocycles. The Labute approximate surface area is 183 Å². The summed E-state index contributed by atoms with van der Waals surface area (Å²) in [4.78, 5) is 30.7. The number of urea groups is 1. The molecule has 2 aliphatic rings. The second kappa shape index (κ2) is 9.38. The minimum Gasteiger partial charge on any atom is -0.497 e. The molecule has 9 nitrogen and oxygen atoms in total. The van der Waals surface area contributed by atoms with Crippen molar-refractivity contribution >= 4 is 23.4 Å². The molecule has 2 amide bonds. The van der Waals surface area contributed by atoms with Gasteiger partial charge in [0.15, 0.2) is 0 Å². The fraction of sp³-hybridized carbons (Fsp3) is 0.500. The molecule has 0 radical (unpaired) electrons. The van der Waals surface area contributed by atoms with Gasteiger partial charge in [-0.25, -0.2) is 14.8 Å². The molecule has 2 saturated heterocycles. The van der Waals surface area contributed by atoms with Gasteiger partial charge in [-0.15, -0.1) is 0 Å². The number of piperazine rings is 2. The first kappa shape index (κ1) is 21.2. The zero-order chi connectivity index (χ0) is 21.8. The van der Waals surface area contributed by atoms with Gasteiger partial charge in [-0.3, -0.25) is 0 Å². The predicted molar refractivity (Wildman–Crippen MR) is 122 cm³/mol. The number of benzene rings is 1. The molecule has 1 N–H and O–H groups in total. The Kier molecular flexibility index (Phi) is 6.41. The van der Waals surface area contributed by atoms with Gasteiger partial charge in [0.2, 0.25) is 0 Å². The van der Waals surface area contributed by atoms with Crippen LogP contribution in [-0.4, -0.2) is 92.3 Å². The number of ether oxygens (including phenoxy) is 1. The van der Waals surface area contributed by atoms with Crippen LogP contribution in [0.25, 0.3) is 0 Å². The van der Waals surface area contributed by atoms with E-state index in [2.05, 4.69) is 43.1 Å². The minimum atomic E-state index is -0.0817. The maximum absolute atomic E-state index is 12.6. The number of hydrogen-bond donors (Lipinski definition) is 1. The lowest BCUT2D eigenvalue weighted by Crippen LogP contribution is -2.50. The summed E-state index contributed by atoms with van der Waals surface area (Å²) in [5.41, 5.74) is 0.761. The fourth-order valence-electron chi connectivity index (χ4n) is 3.91. The van der Waals surface area contributed by atoms with E-state index in [9.17, 15) is 4.79 Å². The minimum absolute atomic E-state index is 0.0817. The molecule has 4 rings (SSSR count). The number of nitrogens with one attached hydrogen (secondary N) is 1. The van der Waals surface area contributed by atoms with E-state index in [0.29, 0.717) is 13.1 Å². The van der Waals surface area contributed by atoms with Crippen molar-refractivity contribution in [2.45, 2.75) is 6.92 Å². The fourth-order valence-corrected chi connectivity index (χ4v) is 3.91. The highest BCUT2D eigenvalue weighted by atomic mass is 16.5. The van der Waals surface area contributed by atoms with Gasteiger partial charge < -0.3 is 29.7 Å². The first-order valence-corrected chi connectivity index (χ1v) is 10.8. The molecule has 1 aromatic heterocycles. The predicted octanol–water partition coefficient (Wildman–Crippen LogP) is 1.90. The lowest BCUT2D eigenvalue weighted by atomic mass is 10.3. The maximum atomic E-state index is 12.6. The van der Waals surface area contributed by atoms with E-state index < -0.39 is 0 Å². The van der Waals surface area contributed by atoms with Gasteiger partial charge in [0, 0.05) is 64.1 Å². The van der Waals surface area contributed by atoms with Gasteiger partial charge in [0.1, 0.15) is 23.2 Å². The van der Waals surface area contributed by atoms with Crippen LogP contribution in [0.5, 0.6) is 5.75 Å². The Bertz CT molecular complexity index is 889. The van der Waals surface area contributed by atoms with Crippen molar-refractivity contribution in [3.8, 4) is 5.75 Å². The van der Waals surface area contributed by atoms with Crippen LogP contribution in [0.3, 0.4) is 0 Å². The largest absolute Gasteiger partial charge is 0.497 e. The monoisotopic (exact) mass is 425 g/mol. The lowest BCUT2D eigenvalue weighted by Gasteiger charge is -2.36. The summed E-state index contributed by atoms with van der Waals surface area (Å²) < 4.78 is 5.16. The summed E-state index contributed by atoms with van der Waals surface area (Å²) in [6.45, 7) is 8.77. The standard InChI is InChI=1S/C22H31N7O2/c1-17-23-20(27-10-8-26(2)9-11-27)16-21(24-17)28-12-14-29(15-13-28)22(30)25-18-4-6-19(31-3)7-5-18/h4-7,16H,8-15H2,1-3H3,(H,25,30). The molecule has 9 heteroatoms. The highest BCUT2D eigenvalue weighted by Crippen LogP contribution is 2.22. The van der Waals surface area contributed by atoms with E-state index in [0.717, 1.165) is 68.2 Å². The number of likely N-dealkylation sites (N-methyl/N-ethyl adjacent to an activating group) is 1. The van der Waals surface area contributed by atoms with Crippen LogP contribution in [0.15, 0.2) is 30.3 Å². The summed E-state index contributed by atoms with van der Waals surface area (Å²) in [5.74, 6) is 3.49. The molecule has 2 aromatic rings. The molecule has 2 aliphatic heterocycles. The SMILES string of the molecule is COc1ccc(NC(=O)N2CCN(c3cc(N4CCN(C)CC4)nc(C)n3)CC2)cc1. The van der Waals surface area contributed by atoms with Crippen LogP contribution in [0.1, 0.15) is 5.82 Å². The van der Waals surface area contributed by atoms with Crippen molar-refractivity contribution in [1.29, 1.82) is 0 Å². The second-order valence-electron chi connectivity index (χ2n) is 8.05. The summed E-state index contributed by atoms with van der Waals surface area (Å²) in [7, 11) is 3.78. The molecule has 0 unspecified atom stereocenters. The zero-order valence-electron chi connectivity index (χ0n) is 18.5. The third kappa shape index (κ3) is 5.16. The number of nitrogens with zero attached hydrogens (tertiary/aromatic N) is 6. The topological polar surface area (TPSA) is 77.1 Å². The van der Waals surface area contributed by atoms with Crippen molar-refractivity contribution in [3.63, 3.8) is 0 Å². The van der Waals surface area contributed by atoms with Gasteiger partial charge in [0.25, 0.3) is 0 Å². The quantitative estimate of drug-likeness (QED) is 0.802. The molecular formula is C22H31N7O2. The molecule has 0 atom stereocenters. The van der Waals surface area contributed by atoms with E-state index in [1.54, 1.807) is 7.11 Å². The van der Waals surface area contributed by atoms with Crippen LogP contribution in [0, 0.1) is 6.92 Å². The lowest BCUT2D eigenvalue weighted by molar-refractivity contribution is 0.208. The van der Waals surface area contributed by atoms with Gasteiger partial charge >= 0.3 is 6.03 Å². The molecule has 0 saturated carbocycles. The van der Waals surface area contributed by atoms with Crippen LogP contribution < -0.4 is 19.9 Å². The summed E-state index contributed by atoms with van der Waals surface area (Å²) in [6.07, 6.45) is 0. The van der Waals surface area contributed by atoms with Crippen LogP contribution in [0.4, 0.5) is 22.1 Å². The third-order valence-corrected chi connectivity index (χ3v) is 5.87. The Hall–Kier alpha value is -3.07. The third-order valence-electron chi connectivity index (χ3n) is 5.87. The Morgan fingerprint density at radius 3 is 2.00 bits per heavy atom. The van der Waals surface area contributed by atoms with Gasteiger partial charge in [-0.1, -0.05) is 0 Å². The number of anilines is 3. The van der Waals surface area contributed by atoms with Crippen LogP contribution >= 0.6 is 0 Å². The molecule has 0 bridgehead atoms. The van der Waals surface area contributed by atoms with E-state index in [-0.39, 0.29) is 6.03 Å². The number of carbonyl (C=O) groups excluding carboxylic acids is 1. The van der Waals surface area contributed by atoms with Crippen LogP contribution in [0.2, 0.25) is 0 Å². The Morgan fingerprint density at radius 2 is 1.45 bits per heavy atom. The van der Waals surface area contributed by atoms with Crippen molar-refractivity contribution in [1.82, 2.24) is 19.8 Å². The highest BCUT2D eigenvalue weighted by Gasteiger charge is 2.24. The number of aromatic nitrogens is 2. The normalized spacial score (nSPS) is 17.6. The number of methoxy groups -OCH3 is 1. The second-order valence-corrected chi connectivity index (χ2v) is 8.05. The number of rotatable bonds is 4. The van der Waals surface area contributed by atoms with Gasteiger partial charge in [0.05, 0.1) is 7.11 Å². The van der Waals surface area contributed by atoms with Gasteiger partial charge in [-0.05, 0) is 38.2 Å². The van der Waals surface area contributed by atoms with E-state index in [1.807, 2.05) is 36.1 Å². The highest BCUT2D eigenvalue weighted by molar-refractivity contribution is 5.89. The molecule has 2 fully saturated rings. The van der Waals surface area contributed by atoms with Gasteiger partial charge in [-0.2, -0.15) is 0 Å². The van der Waals surface area contributed by atoms with E-state index in [1.165, 1.54) is 0 Å². The number of aryl methyl sites for hydroxylation is 1. The first-order chi connectivity index (χ1) is 15.0. The average molecular weight is 426 g/mol. The Morgan fingerprint density at radius 1 is 0.903 bits per heavy atom. The molecule has 3 heterocycles. The molecule has 31 heavy (non-hydrogen) atoms. The molecule has 166 valence electrons. The van der Waals surface area contributed by atoms with Crippen molar-refractivity contribution in [2.75, 3.05) is 81.6 Å². The number of amides is 2. The van der Waals surface area contributed by atoms with E-state index in [4.69, 9.17) is 4.74 Å². The molecular weight excluding hydrogens is 394 g/mol. The molecule has 1 aromatic carbocycles. The van der Waals surface area contributed by atoms with E-state index >= 15 is 0 Å². The van der Waals surface area contributed by atoms with Crippen molar-refractivity contribution < 1.29 is 9.53 Å². The molecule has 0 spiro atoms.